The van der Waals surface area contributed by atoms with Gasteiger partial charge in [0.1, 0.15) is 17.9 Å². The molecule has 18 heavy (non-hydrogen) atoms. The summed E-state index contributed by atoms with van der Waals surface area (Å²) >= 11 is 0. The SMILES string of the molecule is CCNC(C)(COc1ccc(C)c(C)c1)C(N)=O. The summed E-state index contributed by atoms with van der Waals surface area (Å²) in [7, 11) is 0. The zero-order valence-electron chi connectivity index (χ0n) is 11.5. The Bertz CT molecular complexity index is 432. The molecule has 1 rings (SSSR count). The second kappa shape index (κ2) is 5.87. The Kier molecular flexibility index (Phi) is 4.73. The number of aryl methyl sites for hydroxylation is 2. The number of nitrogens with two attached hydrogens (primary N) is 1. The minimum Gasteiger partial charge on any atom is -0.491 e. The van der Waals surface area contributed by atoms with Crippen molar-refractivity contribution in [3.63, 3.8) is 0 Å². The lowest BCUT2D eigenvalue weighted by Gasteiger charge is -2.27. The van der Waals surface area contributed by atoms with Crippen LogP contribution in [0, 0.1) is 13.8 Å². The summed E-state index contributed by atoms with van der Waals surface area (Å²) in [6.45, 7) is 8.64. The number of primary amides is 1. The molecule has 1 aromatic rings. The van der Waals surface area contributed by atoms with E-state index in [9.17, 15) is 4.79 Å². The van der Waals surface area contributed by atoms with Gasteiger partial charge in [-0.3, -0.25) is 4.79 Å². The summed E-state index contributed by atoms with van der Waals surface area (Å²) in [4.78, 5) is 11.4. The van der Waals surface area contributed by atoms with Crippen LogP contribution < -0.4 is 15.8 Å². The third-order valence-corrected chi connectivity index (χ3v) is 3.12. The highest BCUT2D eigenvalue weighted by Crippen LogP contribution is 2.17. The molecule has 3 N–H and O–H groups in total. The highest BCUT2D eigenvalue weighted by atomic mass is 16.5. The van der Waals surface area contributed by atoms with Gasteiger partial charge in [0, 0.05) is 0 Å². The van der Waals surface area contributed by atoms with E-state index >= 15 is 0 Å². The lowest BCUT2D eigenvalue weighted by Crippen LogP contribution is -2.57. The number of hydrogen-bond donors (Lipinski definition) is 2. The van der Waals surface area contributed by atoms with Crippen molar-refractivity contribution < 1.29 is 9.53 Å². The maximum atomic E-state index is 11.4. The second-order valence-corrected chi connectivity index (χ2v) is 4.76. The monoisotopic (exact) mass is 250 g/mol. The third kappa shape index (κ3) is 3.47. The summed E-state index contributed by atoms with van der Waals surface area (Å²) in [6.07, 6.45) is 0. The maximum Gasteiger partial charge on any atom is 0.240 e. The van der Waals surface area contributed by atoms with Crippen molar-refractivity contribution in [2.24, 2.45) is 5.73 Å². The minimum atomic E-state index is -0.840. The molecule has 0 bridgehead atoms. The van der Waals surface area contributed by atoms with E-state index < -0.39 is 11.4 Å². The summed E-state index contributed by atoms with van der Waals surface area (Å²) in [6, 6.07) is 5.86. The Morgan fingerprint density at radius 1 is 1.39 bits per heavy atom. The molecule has 0 fully saturated rings. The number of hydrogen-bond acceptors (Lipinski definition) is 3. The van der Waals surface area contributed by atoms with E-state index in [-0.39, 0.29) is 6.61 Å². The van der Waals surface area contributed by atoms with Gasteiger partial charge in [-0.05, 0) is 50.6 Å². The zero-order valence-corrected chi connectivity index (χ0v) is 11.5. The number of likely N-dealkylation sites (N-methyl/N-ethyl adjacent to an activating group) is 1. The van der Waals surface area contributed by atoms with E-state index in [0.717, 1.165) is 11.3 Å². The van der Waals surface area contributed by atoms with Crippen molar-refractivity contribution >= 4 is 5.91 Å². The lowest BCUT2D eigenvalue weighted by atomic mass is 10.0. The molecule has 1 atom stereocenters. The number of rotatable bonds is 6. The normalized spacial score (nSPS) is 14.0. The van der Waals surface area contributed by atoms with Crippen LogP contribution in [-0.2, 0) is 4.79 Å². The van der Waals surface area contributed by atoms with Crippen molar-refractivity contribution in [1.29, 1.82) is 0 Å². The van der Waals surface area contributed by atoms with Gasteiger partial charge in [-0.25, -0.2) is 0 Å². The molecule has 0 saturated carbocycles. The predicted octanol–water partition coefficient (Wildman–Crippen LogP) is 1.54. The lowest BCUT2D eigenvalue weighted by molar-refractivity contribution is -0.124. The first-order valence-corrected chi connectivity index (χ1v) is 6.14. The molecule has 0 spiro atoms. The molecular formula is C14H22N2O2. The molecule has 100 valence electrons. The maximum absolute atomic E-state index is 11.4. The van der Waals surface area contributed by atoms with E-state index in [1.165, 1.54) is 5.56 Å². The number of ether oxygens (including phenoxy) is 1. The topological polar surface area (TPSA) is 64.3 Å². The van der Waals surface area contributed by atoms with E-state index in [4.69, 9.17) is 10.5 Å². The predicted molar refractivity (Wildman–Crippen MR) is 72.7 cm³/mol. The first-order valence-electron chi connectivity index (χ1n) is 6.14. The number of carbonyl (C=O) groups excluding carboxylic acids is 1. The molecule has 0 heterocycles. The Morgan fingerprint density at radius 3 is 2.56 bits per heavy atom. The smallest absolute Gasteiger partial charge is 0.240 e. The zero-order chi connectivity index (χ0) is 13.8. The summed E-state index contributed by atoms with van der Waals surface area (Å²) < 4.78 is 5.66. The standard InChI is InChI=1S/C14H22N2O2/c1-5-16-14(4,13(15)17)9-18-12-7-6-10(2)11(3)8-12/h6-8,16H,5,9H2,1-4H3,(H2,15,17). The fourth-order valence-corrected chi connectivity index (χ4v) is 1.63. The average Bonchev–Trinajstić information content (AvgIpc) is 2.31. The summed E-state index contributed by atoms with van der Waals surface area (Å²) in [5.41, 5.74) is 6.93. The fraction of sp³-hybridized carbons (Fsp3) is 0.500. The van der Waals surface area contributed by atoms with Gasteiger partial charge in [0.05, 0.1) is 0 Å². The molecule has 4 heteroatoms. The van der Waals surface area contributed by atoms with Crippen LogP contribution in [0.25, 0.3) is 0 Å². The van der Waals surface area contributed by atoms with Crippen molar-refractivity contribution in [2.45, 2.75) is 33.2 Å². The highest BCUT2D eigenvalue weighted by Gasteiger charge is 2.30. The highest BCUT2D eigenvalue weighted by molar-refractivity contribution is 5.84. The number of carbonyl (C=O) groups is 1. The van der Waals surface area contributed by atoms with Gasteiger partial charge in [0.15, 0.2) is 0 Å². The van der Waals surface area contributed by atoms with Crippen LogP contribution in [0.3, 0.4) is 0 Å². The van der Waals surface area contributed by atoms with E-state index in [1.807, 2.05) is 39.0 Å². The van der Waals surface area contributed by atoms with Crippen LogP contribution in [0.15, 0.2) is 18.2 Å². The molecule has 1 unspecified atom stereocenters. The molecule has 0 radical (unpaired) electrons. The van der Waals surface area contributed by atoms with Crippen LogP contribution in [0.5, 0.6) is 5.75 Å². The largest absolute Gasteiger partial charge is 0.491 e. The molecule has 1 amide bonds. The quantitative estimate of drug-likeness (QED) is 0.805. The number of benzene rings is 1. The third-order valence-electron chi connectivity index (χ3n) is 3.12. The first-order chi connectivity index (χ1) is 8.39. The van der Waals surface area contributed by atoms with Crippen molar-refractivity contribution in [1.82, 2.24) is 5.32 Å². The Hall–Kier alpha value is -1.55. The molecule has 0 aromatic heterocycles. The summed E-state index contributed by atoms with van der Waals surface area (Å²) in [5.74, 6) is 0.344. The molecule has 0 aliphatic rings. The van der Waals surface area contributed by atoms with Gasteiger partial charge < -0.3 is 15.8 Å². The van der Waals surface area contributed by atoms with Crippen LogP contribution in [0.4, 0.5) is 0 Å². The van der Waals surface area contributed by atoms with Gasteiger partial charge in [0.25, 0.3) is 0 Å². The molecular weight excluding hydrogens is 228 g/mol. The van der Waals surface area contributed by atoms with Crippen LogP contribution >= 0.6 is 0 Å². The average molecular weight is 250 g/mol. The Morgan fingerprint density at radius 2 is 2.06 bits per heavy atom. The van der Waals surface area contributed by atoms with Crippen LogP contribution in [-0.4, -0.2) is 24.6 Å². The second-order valence-electron chi connectivity index (χ2n) is 4.76. The van der Waals surface area contributed by atoms with Gasteiger partial charge in [-0.15, -0.1) is 0 Å². The molecule has 1 aromatic carbocycles. The van der Waals surface area contributed by atoms with E-state index in [1.54, 1.807) is 6.92 Å². The van der Waals surface area contributed by atoms with Crippen molar-refractivity contribution in [2.75, 3.05) is 13.2 Å². The minimum absolute atomic E-state index is 0.221. The van der Waals surface area contributed by atoms with E-state index in [2.05, 4.69) is 5.32 Å². The van der Waals surface area contributed by atoms with Gasteiger partial charge >= 0.3 is 0 Å². The van der Waals surface area contributed by atoms with Crippen molar-refractivity contribution in [3.05, 3.63) is 29.3 Å². The van der Waals surface area contributed by atoms with Gasteiger partial charge in [-0.1, -0.05) is 13.0 Å². The Balaban J connectivity index is 2.73. The van der Waals surface area contributed by atoms with Gasteiger partial charge in [-0.2, -0.15) is 0 Å². The van der Waals surface area contributed by atoms with Gasteiger partial charge in [0.2, 0.25) is 5.91 Å². The number of amides is 1. The molecule has 0 aliphatic heterocycles. The van der Waals surface area contributed by atoms with Crippen LogP contribution in [0.1, 0.15) is 25.0 Å². The fourth-order valence-electron chi connectivity index (χ4n) is 1.63. The van der Waals surface area contributed by atoms with Crippen molar-refractivity contribution in [3.8, 4) is 5.75 Å². The van der Waals surface area contributed by atoms with Crippen LogP contribution in [0.2, 0.25) is 0 Å². The Labute approximate surface area is 109 Å². The van der Waals surface area contributed by atoms with E-state index in [0.29, 0.717) is 6.54 Å². The summed E-state index contributed by atoms with van der Waals surface area (Å²) in [5, 5.41) is 3.06. The molecule has 0 saturated heterocycles. The molecule has 0 aliphatic carbocycles. The molecule has 4 nitrogen and oxygen atoms in total. The first kappa shape index (κ1) is 14.5. The number of nitrogens with one attached hydrogen (secondary N) is 1.